The summed E-state index contributed by atoms with van der Waals surface area (Å²) in [6.07, 6.45) is 4.14. The van der Waals surface area contributed by atoms with Gasteiger partial charge in [0, 0.05) is 24.4 Å². The quantitative estimate of drug-likeness (QED) is 0.849. The Kier molecular flexibility index (Phi) is 3.41. The zero-order valence-corrected chi connectivity index (χ0v) is 10.8. The van der Waals surface area contributed by atoms with Crippen LogP contribution in [0.15, 0.2) is 58.8 Å². The number of hydrogen-bond donors (Lipinski definition) is 1. The summed E-state index contributed by atoms with van der Waals surface area (Å²) in [5, 5.41) is 15.9. The molecule has 1 N–H and O–H groups in total. The van der Waals surface area contributed by atoms with Crippen molar-refractivity contribution in [1.29, 1.82) is 0 Å². The number of aliphatic imine (C=N–C) groups is 1. The highest BCUT2D eigenvalue weighted by atomic mass is 16.3. The molecule has 5 heteroatoms. The van der Waals surface area contributed by atoms with Gasteiger partial charge in [0.1, 0.15) is 11.6 Å². The third-order valence-corrected chi connectivity index (χ3v) is 2.99. The number of pyridine rings is 1. The SMILES string of the molecule is Oc1ccccc1/C=N/C1=NN(c2ccccn2)CC1. The first-order valence-electron chi connectivity index (χ1n) is 6.41. The molecule has 3 rings (SSSR count). The molecule has 100 valence electrons. The van der Waals surface area contributed by atoms with Crippen molar-refractivity contribution in [1.82, 2.24) is 4.98 Å². The fourth-order valence-electron chi connectivity index (χ4n) is 1.95. The monoisotopic (exact) mass is 266 g/mol. The minimum Gasteiger partial charge on any atom is -0.507 e. The number of rotatable bonds is 2. The highest BCUT2D eigenvalue weighted by Crippen LogP contribution is 2.17. The molecule has 0 aliphatic carbocycles. The average molecular weight is 266 g/mol. The average Bonchev–Trinajstić information content (AvgIpc) is 2.96. The number of para-hydroxylation sites is 1. The number of amidine groups is 1. The number of phenols is 1. The van der Waals surface area contributed by atoms with E-state index in [-0.39, 0.29) is 5.75 Å². The highest BCUT2D eigenvalue weighted by Gasteiger charge is 2.15. The fourth-order valence-corrected chi connectivity index (χ4v) is 1.95. The van der Waals surface area contributed by atoms with Crippen LogP contribution in [0.1, 0.15) is 12.0 Å². The summed E-state index contributed by atoms with van der Waals surface area (Å²) < 4.78 is 0. The Balaban J connectivity index is 1.75. The van der Waals surface area contributed by atoms with Gasteiger partial charge in [-0.1, -0.05) is 18.2 Å². The van der Waals surface area contributed by atoms with Crippen molar-refractivity contribution in [2.45, 2.75) is 6.42 Å². The van der Waals surface area contributed by atoms with E-state index in [1.54, 1.807) is 24.5 Å². The Morgan fingerprint density at radius 3 is 2.80 bits per heavy atom. The molecule has 1 aliphatic heterocycles. The predicted molar refractivity (Wildman–Crippen MR) is 79.3 cm³/mol. The maximum Gasteiger partial charge on any atom is 0.150 e. The predicted octanol–water partition coefficient (Wildman–Crippen LogP) is 2.43. The van der Waals surface area contributed by atoms with Gasteiger partial charge in [0.05, 0.1) is 6.54 Å². The zero-order valence-electron chi connectivity index (χ0n) is 10.8. The largest absolute Gasteiger partial charge is 0.507 e. The number of hydrogen-bond acceptors (Lipinski definition) is 5. The fraction of sp³-hybridized carbons (Fsp3) is 0.133. The van der Waals surface area contributed by atoms with E-state index in [0.717, 1.165) is 24.6 Å². The van der Waals surface area contributed by atoms with E-state index in [1.807, 2.05) is 35.3 Å². The van der Waals surface area contributed by atoms with E-state index < -0.39 is 0 Å². The number of anilines is 1. The van der Waals surface area contributed by atoms with Crippen LogP contribution in [0, 0.1) is 0 Å². The van der Waals surface area contributed by atoms with Gasteiger partial charge in [-0.05, 0) is 24.3 Å². The van der Waals surface area contributed by atoms with E-state index >= 15 is 0 Å². The van der Waals surface area contributed by atoms with Gasteiger partial charge in [0.25, 0.3) is 0 Å². The lowest BCUT2D eigenvalue weighted by atomic mass is 10.2. The van der Waals surface area contributed by atoms with Crippen LogP contribution >= 0.6 is 0 Å². The number of hydrazone groups is 1. The maximum atomic E-state index is 9.66. The lowest BCUT2D eigenvalue weighted by Crippen LogP contribution is -2.12. The number of benzene rings is 1. The molecule has 0 saturated heterocycles. The van der Waals surface area contributed by atoms with Crippen LogP contribution in [0.5, 0.6) is 5.75 Å². The summed E-state index contributed by atoms with van der Waals surface area (Å²) in [7, 11) is 0. The molecule has 2 heterocycles. The van der Waals surface area contributed by atoms with Crippen LogP contribution < -0.4 is 5.01 Å². The molecule has 0 saturated carbocycles. The first-order chi connectivity index (χ1) is 9.83. The van der Waals surface area contributed by atoms with Crippen LogP contribution in [0.3, 0.4) is 0 Å². The molecule has 0 radical (unpaired) electrons. The molecule has 5 nitrogen and oxygen atoms in total. The smallest absolute Gasteiger partial charge is 0.150 e. The summed E-state index contributed by atoms with van der Waals surface area (Å²) in [4.78, 5) is 8.58. The molecule has 1 aromatic carbocycles. The van der Waals surface area contributed by atoms with Crippen LogP contribution in [0.25, 0.3) is 0 Å². The number of phenolic OH excluding ortho intramolecular Hbond substituents is 1. The van der Waals surface area contributed by atoms with Crippen LogP contribution in [-0.2, 0) is 0 Å². The Morgan fingerprint density at radius 2 is 2.00 bits per heavy atom. The minimum atomic E-state index is 0.219. The molecule has 0 unspecified atom stereocenters. The number of aromatic hydroxyl groups is 1. The van der Waals surface area contributed by atoms with Gasteiger partial charge in [0.2, 0.25) is 0 Å². The molecule has 0 fully saturated rings. The van der Waals surface area contributed by atoms with E-state index in [1.165, 1.54) is 0 Å². The van der Waals surface area contributed by atoms with Crippen molar-refractivity contribution < 1.29 is 5.11 Å². The molecule has 1 aliphatic rings. The topological polar surface area (TPSA) is 61.1 Å². The summed E-state index contributed by atoms with van der Waals surface area (Å²) in [5.74, 6) is 1.77. The molecule has 0 amide bonds. The maximum absolute atomic E-state index is 9.66. The molecule has 0 atom stereocenters. The molecular weight excluding hydrogens is 252 g/mol. The van der Waals surface area contributed by atoms with Crippen molar-refractivity contribution in [3.63, 3.8) is 0 Å². The summed E-state index contributed by atoms with van der Waals surface area (Å²) >= 11 is 0. The van der Waals surface area contributed by atoms with Gasteiger partial charge in [-0.15, -0.1) is 0 Å². The number of aromatic nitrogens is 1. The summed E-state index contributed by atoms with van der Waals surface area (Å²) in [5.41, 5.74) is 0.687. The first kappa shape index (κ1) is 12.3. The molecule has 20 heavy (non-hydrogen) atoms. The molecule has 2 aromatic rings. The van der Waals surface area contributed by atoms with Gasteiger partial charge >= 0.3 is 0 Å². The normalized spacial score (nSPS) is 14.8. The zero-order chi connectivity index (χ0) is 13.8. The van der Waals surface area contributed by atoms with Crippen molar-refractivity contribution in [2.24, 2.45) is 10.1 Å². The summed E-state index contributed by atoms with van der Waals surface area (Å²) in [6, 6.07) is 12.8. The second kappa shape index (κ2) is 5.52. The Hall–Kier alpha value is -2.69. The third kappa shape index (κ3) is 2.66. The Morgan fingerprint density at radius 1 is 1.15 bits per heavy atom. The highest BCUT2D eigenvalue weighted by molar-refractivity contribution is 5.97. The Bertz CT molecular complexity index is 652. The van der Waals surface area contributed by atoms with Crippen LogP contribution in [0.2, 0.25) is 0 Å². The molecular formula is C15H14N4O. The first-order valence-corrected chi connectivity index (χ1v) is 6.41. The van der Waals surface area contributed by atoms with Gasteiger partial charge in [-0.3, -0.25) is 0 Å². The standard InChI is InChI=1S/C15H14N4O/c20-13-6-2-1-5-12(13)11-17-14-8-10-19(18-14)15-7-3-4-9-16-15/h1-7,9,11,20H,8,10H2/b17-11+. The Labute approximate surface area is 116 Å². The van der Waals surface area contributed by atoms with Gasteiger partial charge in [0.15, 0.2) is 5.84 Å². The van der Waals surface area contributed by atoms with Crippen molar-refractivity contribution in [2.75, 3.05) is 11.6 Å². The van der Waals surface area contributed by atoms with E-state index in [9.17, 15) is 5.11 Å². The minimum absolute atomic E-state index is 0.219. The lowest BCUT2D eigenvalue weighted by Gasteiger charge is -2.10. The van der Waals surface area contributed by atoms with E-state index in [4.69, 9.17) is 0 Å². The van der Waals surface area contributed by atoms with E-state index in [0.29, 0.717) is 5.56 Å². The summed E-state index contributed by atoms with van der Waals surface area (Å²) in [6.45, 7) is 0.768. The van der Waals surface area contributed by atoms with Crippen molar-refractivity contribution >= 4 is 17.9 Å². The van der Waals surface area contributed by atoms with Crippen LogP contribution in [0.4, 0.5) is 5.82 Å². The van der Waals surface area contributed by atoms with Gasteiger partial charge in [-0.25, -0.2) is 15.0 Å². The van der Waals surface area contributed by atoms with Crippen molar-refractivity contribution in [3.05, 3.63) is 54.2 Å². The number of nitrogens with zero attached hydrogens (tertiary/aromatic N) is 4. The molecule has 0 bridgehead atoms. The van der Waals surface area contributed by atoms with Gasteiger partial charge in [-0.2, -0.15) is 5.10 Å². The molecule has 1 aromatic heterocycles. The lowest BCUT2D eigenvalue weighted by molar-refractivity contribution is 0.474. The van der Waals surface area contributed by atoms with Crippen molar-refractivity contribution in [3.8, 4) is 5.75 Å². The van der Waals surface area contributed by atoms with Gasteiger partial charge < -0.3 is 5.11 Å². The second-order valence-electron chi connectivity index (χ2n) is 4.39. The second-order valence-corrected chi connectivity index (χ2v) is 4.39. The third-order valence-electron chi connectivity index (χ3n) is 2.99. The van der Waals surface area contributed by atoms with Crippen LogP contribution in [-0.4, -0.2) is 28.7 Å². The molecule has 0 spiro atoms. The van der Waals surface area contributed by atoms with E-state index in [2.05, 4.69) is 15.1 Å².